The quantitative estimate of drug-likeness (QED) is 0.484. The fourth-order valence-corrected chi connectivity index (χ4v) is 3.95. The van der Waals surface area contributed by atoms with Gasteiger partial charge in [0.25, 0.3) is 0 Å². The molecule has 0 atom stereocenters. The number of aliphatic hydroxyl groups is 1. The Balaban J connectivity index is 1.38. The molecule has 2 aliphatic rings. The van der Waals surface area contributed by atoms with Crippen LogP contribution in [-0.2, 0) is 13.6 Å². The summed E-state index contributed by atoms with van der Waals surface area (Å²) >= 11 is 0. The van der Waals surface area contributed by atoms with Crippen LogP contribution in [0.15, 0.2) is 36.8 Å². The van der Waals surface area contributed by atoms with Crippen LogP contribution in [0.2, 0.25) is 0 Å². The van der Waals surface area contributed by atoms with Crippen LogP contribution in [0, 0.1) is 6.92 Å². The van der Waals surface area contributed by atoms with Gasteiger partial charge in [0.05, 0.1) is 24.4 Å². The van der Waals surface area contributed by atoms with Gasteiger partial charge in [-0.3, -0.25) is 10.4 Å². The first-order valence-corrected chi connectivity index (χ1v) is 11.2. The van der Waals surface area contributed by atoms with E-state index in [0.29, 0.717) is 19.7 Å². The Bertz CT molecular complexity index is 1200. The second kappa shape index (κ2) is 8.40. The summed E-state index contributed by atoms with van der Waals surface area (Å²) in [5.41, 5.74) is 7.84. The predicted molar refractivity (Wildman–Crippen MR) is 127 cm³/mol. The van der Waals surface area contributed by atoms with Gasteiger partial charge in [-0.25, -0.2) is 4.98 Å². The van der Waals surface area contributed by atoms with Crippen molar-refractivity contribution < 1.29 is 9.84 Å². The molecule has 1 aliphatic heterocycles. The molecule has 9 nitrogen and oxygen atoms in total. The summed E-state index contributed by atoms with van der Waals surface area (Å²) in [5, 5.41) is 23.8. The molecule has 3 aromatic rings. The number of ether oxygens (including phenoxy) is 1. The van der Waals surface area contributed by atoms with E-state index in [4.69, 9.17) is 9.72 Å². The maximum atomic E-state index is 10.2. The van der Waals surface area contributed by atoms with Crippen molar-refractivity contribution in [3.8, 4) is 17.1 Å². The highest BCUT2D eigenvalue weighted by Crippen LogP contribution is 2.36. The molecule has 3 N–H and O–H groups in total. The Hall–Kier alpha value is -3.59. The van der Waals surface area contributed by atoms with E-state index in [1.165, 1.54) is 0 Å². The number of fused-ring (bicyclic) bond motifs is 1. The van der Waals surface area contributed by atoms with Crippen molar-refractivity contribution in [2.24, 2.45) is 7.05 Å². The standard InChI is InChI=1S/C24H29N7O2/c1-4-33-21-12-18(23-28-26-15-30(23)3)5-6-20(21)29-31-10-7-17-11-16(2)27-22(19(17)13-31)25-14-24(32)8-9-24/h5-7,10-12,15,29,32H,4,8-9,13-14H2,1-3H3,(H,25,27). The normalized spacial score (nSPS) is 15.8. The summed E-state index contributed by atoms with van der Waals surface area (Å²) in [6, 6.07) is 8.06. The molecule has 0 spiro atoms. The SMILES string of the molecule is CCOc1cc(-c2nncn2C)ccc1NN1C=Cc2cc(C)nc(NCC3(O)CC3)c2C1. The Kier molecular flexibility index (Phi) is 5.41. The number of aromatic nitrogens is 4. The van der Waals surface area contributed by atoms with Gasteiger partial charge >= 0.3 is 0 Å². The predicted octanol–water partition coefficient (Wildman–Crippen LogP) is 3.33. The van der Waals surface area contributed by atoms with Crippen LogP contribution in [0.25, 0.3) is 17.5 Å². The Morgan fingerprint density at radius 3 is 2.82 bits per heavy atom. The lowest BCUT2D eigenvalue weighted by atomic mass is 10.0. The molecule has 33 heavy (non-hydrogen) atoms. The summed E-state index contributed by atoms with van der Waals surface area (Å²) < 4.78 is 7.80. The number of anilines is 2. The molecular formula is C24H29N7O2. The van der Waals surface area contributed by atoms with Crippen LogP contribution in [0.4, 0.5) is 11.5 Å². The molecule has 5 rings (SSSR count). The molecule has 1 aromatic carbocycles. The summed E-state index contributed by atoms with van der Waals surface area (Å²) in [7, 11) is 1.92. The fraction of sp³-hybridized carbons (Fsp3) is 0.375. The maximum Gasteiger partial charge on any atom is 0.163 e. The molecule has 172 valence electrons. The molecule has 0 saturated heterocycles. The van der Waals surface area contributed by atoms with Gasteiger partial charge in [-0.05, 0) is 62.6 Å². The average Bonchev–Trinajstić information content (AvgIpc) is 3.38. The zero-order chi connectivity index (χ0) is 23.0. The monoisotopic (exact) mass is 447 g/mol. The summed E-state index contributed by atoms with van der Waals surface area (Å²) in [4.78, 5) is 4.70. The highest BCUT2D eigenvalue weighted by Gasteiger charge is 2.40. The molecule has 0 bridgehead atoms. The van der Waals surface area contributed by atoms with E-state index in [1.54, 1.807) is 6.33 Å². The molecule has 9 heteroatoms. The van der Waals surface area contributed by atoms with Crippen molar-refractivity contribution in [2.75, 3.05) is 23.9 Å². The summed E-state index contributed by atoms with van der Waals surface area (Å²) in [6.45, 7) is 5.65. The van der Waals surface area contributed by atoms with Crippen molar-refractivity contribution >= 4 is 17.6 Å². The van der Waals surface area contributed by atoms with Gasteiger partial charge in [0.15, 0.2) is 5.82 Å². The minimum atomic E-state index is -0.586. The van der Waals surface area contributed by atoms with Crippen LogP contribution < -0.4 is 15.5 Å². The zero-order valence-corrected chi connectivity index (χ0v) is 19.2. The second-order valence-electron chi connectivity index (χ2n) is 8.72. The number of aryl methyl sites for hydroxylation is 2. The number of hydrogen-bond acceptors (Lipinski definition) is 8. The summed E-state index contributed by atoms with van der Waals surface area (Å²) in [6.07, 6.45) is 7.46. The molecule has 0 unspecified atom stereocenters. The third-order valence-corrected chi connectivity index (χ3v) is 5.98. The highest BCUT2D eigenvalue weighted by molar-refractivity contribution is 5.68. The summed E-state index contributed by atoms with van der Waals surface area (Å²) in [5.74, 6) is 2.35. The highest BCUT2D eigenvalue weighted by atomic mass is 16.5. The number of benzene rings is 1. The van der Waals surface area contributed by atoms with Crippen LogP contribution in [-0.4, -0.2) is 48.6 Å². The number of rotatable bonds is 8. The molecule has 2 aromatic heterocycles. The minimum Gasteiger partial charge on any atom is -0.492 e. The van der Waals surface area contributed by atoms with Crippen LogP contribution in [0.3, 0.4) is 0 Å². The molecule has 1 fully saturated rings. The fourth-order valence-electron chi connectivity index (χ4n) is 3.95. The van der Waals surface area contributed by atoms with Crippen molar-refractivity contribution in [3.05, 3.63) is 53.6 Å². The first-order chi connectivity index (χ1) is 15.9. The van der Waals surface area contributed by atoms with Crippen molar-refractivity contribution in [3.63, 3.8) is 0 Å². The van der Waals surface area contributed by atoms with Gasteiger partial charge < -0.3 is 19.7 Å². The number of nitrogens with one attached hydrogen (secondary N) is 2. The van der Waals surface area contributed by atoms with E-state index in [-0.39, 0.29) is 0 Å². The lowest BCUT2D eigenvalue weighted by molar-refractivity contribution is 0.164. The number of nitrogens with zero attached hydrogens (tertiary/aromatic N) is 5. The Labute approximate surface area is 193 Å². The Morgan fingerprint density at radius 2 is 2.09 bits per heavy atom. The Morgan fingerprint density at radius 1 is 1.24 bits per heavy atom. The van der Waals surface area contributed by atoms with Gasteiger partial charge in [-0.15, -0.1) is 10.2 Å². The lowest BCUT2D eigenvalue weighted by Gasteiger charge is -2.29. The zero-order valence-electron chi connectivity index (χ0n) is 19.2. The van der Waals surface area contributed by atoms with E-state index in [9.17, 15) is 5.11 Å². The third kappa shape index (κ3) is 4.49. The first kappa shape index (κ1) is 21.3. The molecular weight excluding hydrogens is 418 g/mol. The van der Waals surface area contributed by atoms with E-state index >= 15 is 0 Å². The molecule has 1 saturated carbocycles. The van der Waals surface area contributed by atoms with Gasteiger partial charge in [0, 0.05) is 36.6 Å². The van der Waals surface area contributed by atoms with Crippen molar-refractivity contribution in [1.29, 1.82) is 0 Å². The smallest absolute Gasteiger partial charge is 0.163 e. The number of hydrogen-bond donors (Lipinski definition) is 3. The maximum absolute atomic E-state index is 10.2. The largest absolute Gasteiger partial charge is 0.492 e. The molecule has 1 aliphatic carbocycles. The van der Waals surface area contributed by atoms with E-state index < -0.39 is 5.60 Å². The van der Waals surface area contributed by atoms with Crippen molar-refractivity contribution in [2.45, 2.75) is 38.8 Å². The van der Waals surface area contributed by atoms with E-state index in [1.807, 2.05) is 54.9 Å². The number of pyridine rings is 1. The molecule has 0 radical (unpaired) electrons. The van der Waals surface area contributed by atoms with E-state index in [2.05, 4.69) is 33.1 Å². The number of hydrazine groups is 1. The first-order valence-electron chi connectivity index (χ1n) is 11.2. The van der Waals surface area contributed by atoms with Crippen LogP contribution >= 0.6 is 0 Å². The minimum absolute atomic E-state index is 0.519. The third-order valence-electron chi connectivity index (χ3n) is 5.98. The topological polar surface area (TPSA) is 100 Å². The molecule has 0 amide bonds. The van der Waals surface area contributed by atoms with E-state index in [0.717, 1.165) is 58.3 Å². The van der Waals surface area contributed by atoms with Gasteiger partial charge in [0.2, 0.25) is 0 Å². The van der Waals surface area contributed by atoms with Gasteiger partial charge in [-0.1, -0.05) is 0 Å². The van der Waals surface area contributed by atoms with Crippen molar-refractivity contribution in [1.82, 2.24) is 24.8 Å². The van der Waals surface area contributed by atoms with Gasteiger partial charge in [-0.2, -0.15) is 0 Å². The van der Waals surface area contributed by atoms with Gasteiger partial charge in [0.1, 0.15) is 17.9 Å². The second-order valence-corrected chi connectivity index (χ2v) is 8.72. The lowest BCUT2D eigenvalue weighted by Crippen LogP contribution is -2.28. The molecule has 3 heterocycles. The van der Waals surface area contributed by atoms with Crippen LogP contribution in [0.5, 0.6) is 5.75 Å². The average molecular weight is 448 g/mol. The van der Waals surface area contributed by atoms with Crippen LogP contribution in [0.1, 0.15) is 36.6 Å².